The van der Waals surface area contributed by atoms with Gasteiger partial charge in [0.1, 0.15) is 0 Å². The zero-order valence-corrected chi connectivity index (χ0v) is 13.8. The minimum absolute atomic E-state index is 0.489. The predicted molar refractivity (Wildman–Crippen MR) is 85.6 cm³/mol. The predicted octanol–water partition coefficient (Wildman–Crippen LogP) is 3.91. The molecule has 0 bridgehead atoms. The van der Waals surface area contributed by atoms with Gasteiger partial charge in [-0.05, 0) is 69.5 Å². The molecule has 0 aromatic heterocycles. The molecule has 1 fully saturated rings. The van der Waals surface area contributed by atoms with Crippen LogP contribution in [0.15, 0.2) is 0 Å². The zero-order valence-electron chi connectivity index (χ0n) is 13.8. The lowest BCUT2D eigenvalue weighted by molar-refractivity contribution is 0.136. The quantitative estimate of drug-likeness (QED) is 0.671. The summed E-state index contributed by atoms with van der Waals surface area (Å²) in [5.41, 5.74) is 0.489. The minimum Gasteiger partial charge on any atom is -0.316 e. The summed E-state index contributed by atoms with van der Waals surface area (Å²) in [4.78, 5) is 2.74. The van der Waals surface area contributed by atoms with Crippen LogP contribution in [0.5, 0.6) is 0 Å². The first kappa shape index (κ1) is 17.0. The van der Waals surface area contributed by atoms with Crippen LogP contribution in [0, 0.1) is 11.3 Å². The van der Waals surface area contributed by atoms with Crippen LogP contribution in [0.25, 0.3) is 0 Å². The van der Waals surface area contributed by atoms with Crippen LogP contribution in [-0.2, 0) is 0 Å². The van der Waals surface area contributed by atoms with Gasteiger partial charge in [-0.3, -0.25) is 0 Å². The Labute approximate surface area is 121 Å². The average molecular weight is 268 g/mol. The van der Waals surface area contributed by atoms with Crippen molar-refractivity contribution < 1.29 is 0 Å². The molecule has 1 heterocycles. The number of likely N-dealkylation sites (tertiary alicyclic amines) is 1. The van der Waals surface area contributed by atoms with E-state index in [0.29, 0.717) is 5.41 Å². The number of nitrogens with zero attached hydrogens (tertiary/aromatic N) is 1. The Balaban J connectivity index is 2.50. The SMILES string of the molecule is CCCNCC(CC)(CC)CN1CCCC(C)CC1. The second kappa shape index (κ2) is 8.97. The molecule has 1 aliphatic rings. The Morgan fingerprint density at radius 1 is 1.11 bits per heavy atom. The second-order valence-corrected chi connectivity index (χ2v) is 6.70. The van der Waals surface area contributed by atoms with Gasteiger partial charge in [-0.2, -0.15) is 0 Å². The normalized spacial score (nSPS) is 22.4. The third kappa shape index (κ3) is 5.83. The first-order valence-corrected chi connectivity index (χ1v) is 8.59. The summed E-state index contributed by atoms with van der Waals surface area (Å²) in [5, 5.41) is 3.67. The van der Waals surface area contributed by atoms with Crippen LogP contribution < -0.4 is 5.32 Å². The van der Waals surface area contributed by atoms with E-state index in [1.807, 2.05) is 0 Å². The summed E-state index contributed by atoms with van der Waals surface area (Å²) in [6, 6.07) is 0. The molecule has 0 saturated carbocycles. The van der Waals surface area contributed by atoms with E-state index in [9.17, 15) is 0 Å². The zero-order chi connectivity index (χ0) is 14.1. The van der Waals surface area contributed by atoms with Crippen LogP contribution >= 0.6 is 0 Å². The Kier molecular flexibility index (Phi) is 8.01. The Morgan fingerprint density at radius 2 is 1.84 bits per heavy atom. The number of nitrogens with one attached hydrogen (secondary N) is 1. The average Bonchev–Trinajstić information content (AvgIpc) is 2.63. The molecule has 19 heavy (non-hydrogen) atoms. The van der Waals surface area contributed by atoms with Crippen molar-refractivity contribution in [1.82, 2.24) is 10.2 Å². The van der Waals surface area contributed by atoms with E-state index in [0.717, 1.165) is 5.92 Å². The maximum absolute atomic E-state index is 3.67. The number of rotatable bonds is 8. The smallest absolute Gasteiger partial charge is 0.00499 e. The monoisotopic (exact) mass is 268 g/mol. The fourth-order valence-electron chi connectivity index (χ4n) is 3.26. The summed E-state index contributed by atoms with van der Waals surface area (Å²) in [6.45, 7) is 15.7. The molecular weight excluding hydrogens is 232 g/mol. The second-order valence-electron chi connectivity index (χ2n) is 6.70. The maximum atomic E-state index is 3.67. The van der Waals surface area contributed by atoms with Crippen molar-refractivity contribution in [2.75, 3.05) is 32.7 Å². The van der Waals surface area contributed by atoms with Gasteiger partial charge in [0.15, 0.2) is 0 Å². The van der Waals surface area contributed by atoms with Gasteiger partial charge in [0.25, 0.3) is 0 Å². The topological polar surface area (TPSA) is 15.3 Å². The molecule has 0 aromatic carbocycles. The largest absolute Gasteiger partial charge is 0.316 e. The lowest BCUT2D eigenvalue weighted by Crippen LogP contribution is -2.44. The lowest BCUT2D eigenvalue weighted by atomic mass is 9.81. The first-order chi connectivity index (χ1) is 9.15. The van der Waals surface area contributed by atoms with Crippen molar-refractivity contribution in [1.29, 1.82) is 0 Å². The highest BCUT2D eigenvalue weighted by atomic mass is 15.1. The molecular formula is C17H36N2. The first-order valence-electron chi connectivity index (χ1n) is 8.59. The van der Waals surface area contributed by atoms with Crippen molar-refractivity contribution in [3.05, 3.63) is 0 Å². The van der Waals surface area contributed by atoms with Gasteiger partial charge in [0, 0.05) is 13.1 Å². The summed E-state index contributed by atoms with van der Waals surface area (Å²) >= 11 is 0. The Morgan fingerprint density at radius 3 is 2.47 bits per heavy atom. The highest BCUT2D eigenvalue weighted by Gasteiger charge is 2.29. The maximum Gasteiger partial charge on any atom is 0.00499 e. The molecule has 0 amide bonds. The molecule has 2 heteroatoms. The standard InChI is InChI=1S/C17H36N2/c1-5-11-18-14-17(6-2,7-3)15-19-12-8-9-16(4)10-13-19/h16,18H,5-15H2,1-4H3. The molecule has 2 nitrogen and oxygen atoms in total. The molecule has 0 spiro atoms. The van der Waals surface area contributed by atoms with Gasteiger partial charge < -0.3 is 10.2 Å². The van der Waals surface area contributed by atoms with Crippen LogP contribution in [0.2, 0.25) is 0 Å². The van der Waals surface area contributed by atoms with Crippen molar-refractivity contribution in [2.24, 2.45) is 11.3 Å². The summed E-state index contributed by atoms with van der Waals surface area (Å²) in [5.74, 6) is 0.931. The fraction of sp³-hybridized carbons (Fsp3) is 1.00. The van der Waals surface area contributed by atoms with Gasteiger partial charge >= 0.3 is 0 Å². The summed E-state index contributed by atoms with van der Waals surface area (Å²) in [7, 11) is 0. The van der Waals surface area contributed by atoms with Crippen molar-refractivity contribution >= 4 is 0 Å². The van der Waals surface area contributed by atoms with E-state index >= 15 is 0 Å². The molecule has 1 unspecified atom stereocenters. The summed E-state index contributed by atoms with van der Waals surface area (Å²) < 4.78 is 0. The lowest BCUT2D eigenvalue weighted by Gasteiger charge is -2.37. The third-order valence-electron chi connectivity index (χ3n) is 5.10. The Hall–Kier alpha value is -0.0800. The van der Waals surface area contributed by atoms with E-state index in [4.69, 9.17) is 0 Å². The van der Waals surface area contributed by atoms with Crippen LogP contribution in [0.4, 0.5) is 0 Å². The van der Waals surface area contributed by atoms with E-state index in [2.05, 4.69) is 37.9 Å². The molecule has 1 atom stereocenters. The van der Waals surface area contributed by atoms with E-state index in [1.54, 1.807) is 0 Å². The van der Waals surface area contributed by atoms with E-state index < -0.39 is 0 Å². The van der Waals surface area contributed by atoms with Crippen LogP contribution in [0.1, 0.15) is 66.2 Å². The van der Waals surface area contributed by atoms with Gasteiger partial charge in [-0.1, -0.05) is 27.7 Å². The van der Waals surface area contributed by atoms with Crippen molar-refractivity contribution in [3.63, 3.8) is 0 Å². The van der Waals surface area contributed by atoms with Gasteiger partial charge in [-0.25, -0.2) is 0 Å². The van der Waals surface area contributed by atoms with Crippen molar-refractivity contribution in [3.8, 4) is 0 Å². The number of hydrogen-bond acceptors (Lipinski definition) is 2. The minimum atomic E-state index is 0.489. The molecule has 114 valence electrons. The third-order valence-corrected chi connectivity index (χ3v) is 5.10. The Bertz CT molecular complexity index is 223. The molecule has 0 aliphatic carbocycles. The molecule has 1 N–H and O–H groups in total. The van der Waals surface area contributed by atoms with E-state index in [1.165, 1.54) is 71.2 Å². The number of hydrogen-bond donors (Lipinski definition) is 1. The summed E-state index contributed by atoms with van der Waals surface area (Å²) in [6.07, 6.45) is 8.05. The highest BCUT2D eigenvalue weighted by molar-refractivity contribution is 4.84. The van der Waals surface area contributed by atoms with Gasteiger partial charge in [0.05, 0.1) is 0 Å². The van der Waals surface area contributed by atoms with Gasteiger partial charge in [-0.15, -0.1) is 0 Å². The molecule has 1 rings (SSSR count). The molecule has 1 aliphatic heterocycles. The van der Waals surface area contributed by atoms with Crippen molar-refractivity contribution in [2.45, 2.75) is 66.2 Å². The molecule has 0 radical (unpaired) electrons. The van der Waals surface area contributed by atoms with Crippen LogP contribution in [-0.4, -0.2) is 37.6 Å². The van der Waals surface area contributed by atoms with Gasteiger partial charge in [0.2, 0.25) is 0 Å². The van der Waals surface area contributed by atoms with Crippen LogP contribution in [0.3, 0.4) is 0 Å². The highest BCUT2D eigenvalue weighted by Crippen LogP contribution is 2.28. The fourth-order valence-corrected chi connectivity index (χ4v) is 3.26. The molecule has 0 aromatic rings. The molecule has 1 saturated heterocycles. The van der Waals surface area contributed by atoms with E-state index in [-0.39, 0.29) is 0 Å².